The lowest BCUT2D eigenvalue weighted by atomic mass is 10.2. The van der Waals surface area contributed by atoms with Gasteiger partial charge in [-0.05, 0) is 46.7 Å². The summed E-state index contributed by atoms with van der Waals surface area (Å²) in [5.74, 6) is -0.865. The van der Waals surface area contributed by atoms with Gasteiger partial charge in [-0.1, -0.05) is 17.7 Å². The Kier molecular flexibility index (Phi) is 6.93. The molecule has 0 aliphatic heterocycles. The van der Waals surface area contributed by atoms with E-state index in [-0.39, 0.29) is 12.5 Å². The third-order valence-electron chi connectivity index (χ3n) is 2.29. The van der Waals surface area contributed by atoms with Crippen molar-refractivity contribution in [2.45, 2.75) is 19.4 Å². The number of carbonyl (C=O) groups is 2. The van der Waals surface area contributed by atoms with Crippen LogP contribution in [0.2, 0.25) is 5.02 Å². The molecule has 1 aromatic carbocycles. The zero-order valence-corrected chi connectivity index (χ0v) is 13.0. The maximum Gasteiger partial charge on any atom is 0.315 e. The molecule has 0 aliphatic carbocycles. The molecular formula is C12H14ClIN2O3. The molecule has 0 unspecified atom stereocenters. The Bertz CT molecular complexity index is 468. The number of hydrogen-bond acceptors (Lipinski definition) is 2. The number of hydrogen-bond donors (Lipinski definition) is 3. The number of carboxylic acids is 1. The Morgan fingerprint density at radius 3 is 2.68 bits per heavy atom. The van der Waals surface area contributed by atoms with Gasteiger partial charge >= 0.3 is 12.0 Å². The summed E-state index contributed by atoms with van der Waals surface area (Å²) in [6.07, 6.45) is 0.463. The topological polar surface area (TPSA) is 78.4 Å². The molecule has 5 nitrogen and oxygen atoms in total. The van der Waals surface area contributed by atoms with E-state index in [0.717, 1.165) is 9.13 Å². The van der Waals surface area contributed by atoms with Crippen molar-refractivity contribution in [3.05, 3.63) is 32.4 Å². The van der Waals surface area contributed by atoms with Gasteiger partial charge in [-0.3, -0.25) is 4.79 Å². The van der Waals surface area contributed by atoms with Crippen LogP contribution in [0, 0.1) is 3.57 Å². The number of halogens is 2. The van der Waals surface area contributed by atoms with Gasteiger partial charge in [0, 0.05) is 23.1 Å². The first-order valence-corrected chi connectivity index (χ1v) is 7.12. The lowest BCUT2D eigenvalue weighted by Crippen LogP contribution is -2.35. The van der Waals surface area contributed by atoms with E-state index in [0.29, 0.717) is 24.5 Å². The third-order valence-corrected chi connectivity index (χ3v) is 3.86. The monoisotopic (exact) mass is 396 g/mol. The first-order valence-electron chi connectivity index (χ1n) is 5.66. The molecule has 0 atom stereocenters. The molecule has 0 bridgehead atoms. The third kappa shape index (κ3) is 6.63. The Morgan fingerprint density at radius 1 is 1.32 bits per heavy atom. The molecule has 0 spiro atoms. The zero-order valence-electron chi connectivity index (χ0n) is 10.1. The molecule has 0 saturated carbocycles. The molecule has 1 rings (SSSR count). The van der Waals surface area contributed by atoms with Crippen molar-refractivity contribution in [1.29, 1.82) is 0 Å². The first kappa shape index (κ1) is 16.0. The van der Waals surface area contributed by atoms with Gasteiger partial charge in [-0.2, -0.15) is 0 Å². The fourth-order valence-electron chi connectivity index (χ4n) is 1.34. The van der Waals surface area contributed by atoms with E-state index < -0.39 is 5.97 Å². The molecule has 0 heterocycles. The van der Waals surface area contributed by atoms with Gasteiger partial charge in [0.1, 0.15) is 0 Å². The summed E-state index contributed by atoms with van der Waals surface area (Å²) < 4.78 is 0.959. The smallest absolute Gasteiger partial charge is 0.315 e. The van der Waals surface area contributed by atoms with Gasteiger partial charge < -0.3 is 15.7 Å². The molecule has 0 radical (unpaired) electrons. The van der Waals surface area contributed by atoms with E-state index in [4.69, 9.17) is 16.7 Å². The number of benzene rings is 1. The zero-order chi connectivity index (χ0) is 14.3. The van der Waals surface area contributed by atoms with Crippen LogP contribution in [-0.2, 0) is 11.3 Å². The molecule has 2 amide bonds. The van der Waals surface area contributed by atoms with Crippen molar-refractivity contribution in [3.63, 3.8) is 0 Å². The fraction of sp³-hybridized carbons (Fsp3) is 0.333. The number of amides is 2. The van der Waals surface area contributed by atoms with E-state index in [2.05, 4.69) is 33.2 Å². The summed E-state index contributed by atoms with van der Waals surface area (Å²) in [7, 11) is 0. The van der Waals surface area contributed by atoms with Crippen LogP contribution in [-0.4, -0.2) is 23.7 Å². The van der Waals surface area contributed by atoms with Crippen molar-refractivity contribution >= 4 is 46.2 Å². The van der Waals surface area contributed by atoms with Crippen LogP contribution in [0.4, 0.5) is 4.79 Å². The number of carbonyl (C=O) groups excluding carboxylic acids is 1. The van der Waals surface area contributed by atoms with Crippen molar-refractivity contribution in [2.24, 2.45) is 0 Å². The summed E-state index contributed by atoms with van der Waals surface area (Å²) in [4.78, 5) is 21.7. The quantitative estimate of drug-likeness (QED) is 0.511. The van der Waals surface area contributed by atoms with E-state index >= 15 is 0 Å². The summed E-state index contributed by atoms with van der Waals surface area (Å²) in [6, 6.07) is 5.25. The number of nitrogens with one attached hydrogen (secondary N) is 2. The minimum Gasteiger partial charge on any atom is -0.481 e. The van der Waals surface area contributed by atoms with Crippen molar-refractivity contribution < 1.29 is 14.7 Å². The van der Waals surface area contributed by atoms with Crippen molar-refractivity contribution in [3.8, 4) is 0 Å². The fourth-order valence-corrected chi connectivity index (χ4v) is 1.87. The molecule has 19 heavy (non-hydrogen) atoms. The van der Waals surface area contributed by atoms with Crippen LogP contribution in [0.15, 0.2) is 18.2 Å². The van der Waals surface area contributed by atoms with Crippen LogP contribution in [0.3, 0.4) is 0 Å². The number of urea groups is 1. The number of aliphatic carboxylic acids is 1. The second-order valence-electron chi connectivity index (χ2n) is 3.86. The molecule has 7 heteroatoms. The molecule has 1 aromatic rings. The van der Waals surface area contributed by atoms with Crippen LogP contribution in [0.25, 0.3) is 0 Å². The van der Waals surface area contributed by atoms with E-state index in [1.165, 1.54) is 0 Å². The van der Waals surface area contributed by atoms with E-state index in [9.17, 15) is 9.59 Å². The Labute approximate surface area is 129 Å². The van der Waals surface area contributed by atoms with Gasteiger partial charge in [-0.15, -0.1) is 0 Å². The van der Waals surface area contributed by atoms with Crippen LogP contribution >= 0.6 is 34.2 Å². The van der Waals surface area contributed by atoms with Gasteiger partial charge in [-0.25, -0.2) is 4.79 Å². The van der Waals surface area contributed by atoms with Crippen molar-refractivity contribution in [2.75, 3.05) is 6.54 Å². The summed E-state index contributed by atoms with van der Waals surface area (Å²) in [6.45, 7) is 0.715. The highest BCUT2D eigenvalue weighted by Crippen LogP contribution is 2.19. The Balaban J connectivity index is 2.26. The number of rotatable bonds is 6. The summed E-state index contributed by atoms with van der Waals surface area (Å²) in [5.41, 5.74) is 0.908. The van der Waals surface area contributed by atoms with E-state index in [1.54, 1.807) is 6.07 Å². The maximum atomic E-state index is 11.4. The standard InChI is InChI=1S/C12H14ClIN2O3/c13-9-6-8(3-4-10(9)14)7-16-12(19)15-5-1-2-11(17)18/h3-4,6H,1-2,5,7H2,(H,17,18)(H2,15,16,19). The molecule has 0 saturated heterocycles. The summed E-state index contributed by atoms with van der Waals surface area (Å²) in [5, 5.41) is 14.4. The van der Waals surface area contributed by atoms with Gasteiger partial charge in [0.25, 0.3) is 0 Å². The maximum absolute atomic E-state index is 11.4. The van der Waals surface area contributed by atoms with Crippen LogP contribution in [0.5, 0.6) is 0 Å². The minimum atomic E-state index is -0.865. The lowest BCUT2D eigenvalue weighted by Gasteiger charge is -2.08. The average molecular weight is 397 g/mol. The second-order valence-corrected chi connectivity index (χ2v) is 5.42. The highest BCUT2D eigenvalue weighted by atomic mass is 127. The van der Waals surface area contributed by atoms with Crippen molar-refractivity contribution in [1.82, 2.24) is 10.6 Å². The number of carboxylic acid groups (broad SMARTS) is 1. The molecule has 3 N–H and O–H groups in total. The van der Waals surface area contributed by atoms with Gasteiger partial charge in [0.2, 0.25) is 0 Å². The van der Waals surface area contributed by atoms with Gasteiger partial charge in [0.05, 0.1) is 5.02 Å². The molecular weight excluding hydrogens is 383 g/mol. The molecule has 0 aromatic heterocycles. The highest BCUT2D eigenvalue weighted by Gasteiger charge is 2.03. The first-order chi connectivity index (χ1) is 8.99. The van der Waals surface area contributed by atoms with Crippen LogP contribution < -0.4 is 10.6 Å². The Hall–Kier alpha value is -1.02. The molecule has 104 valence electrons. The minimum absolute atomic E-state index is 0.0486. The van der Waals surface area contributed by atoms with Crippen LogP contribution in [0.1, 0.15) is 18.4 Å². The molecule has 0 fully saturated rings. The lowest BCUT2D eigenvalue weighted by molar-refractivity contribution is -0.137. The highest BCUT2D eigenvalue weighted by molar-refractivity contribution is 14.1. The van der Waals surface area contributed by atoms with E-state index in [1.807, 2.05) is 12.1 Å². The summed E-state index contributed by atoms with van der Waals surface area (Å²) >= 11 is 8.10. The molecule has 0 aliphatic rings. The average Bonchev–Trinajstić information content (AvgIpc) is 2.36. The normalized spacial score (nSPS) is 10.0. The predicted octanol–water partition coefficient (Wildman–Crippen LogP) is 2.61. The predicted molar refractivity (Wildman–Crippen MR) is 81.3 cm³/mol. The Morgan fingerprint density at radius 2 is 2.05 bits per heavy atom. The second kappa shape index (κ2) is 8.21. The largest absolute Gasteiger partial charge is 0.481 e. The van der Waals surface area contributed by atoms with Gasteiger partial charge in [0.15, 0.2) is 0 Å². The SMILES string of the molecule is O=C(O)CCCNC(=O)NCc1ccc(I)c(Cl)c1.